The van der Waals surface area contributed by atoms with E-state index < -0.39 is 0 Å². The van der Waals surface area contributed by atoms with Crippen molar-refractivity contribution in [1.82, 2.24) is 19.7 Å². The molecule has 0 bridgehead atoms. The van der Waals surface area contributed by atoms with Gasteiger partial charge in [0.25, 0.3) is 0 Å². The Morgan fingerprint density at radius 3 is 2.42 bits per heavy atom. The monoisotopic (exact) mass is 506 g/mol. The Kier molecular flexibility index (Phi) is 8.80. The maximum Gasteiger partial charge on any atom is 0.310 e. The first-order chi connectivity index (χ1) is 17.5. The lowest BCUT2D eigenvalue weighted by atomic mass is 9.98. The van der Waals surface area contributed by atoms with Gasteiger partial charge >= 0.3 is 5.97 Å². The predicted octanol–water partition coefficient (Wildman–Crippen LogP) is 5.23. The van der Waals surface area contributed by atoms with Crippen LogP contribution in [0, 0.1) is 19.8 Å². The highest BCUT2D eigenvalue weighted by atomic mass is 32.2. The molecular weight excluding hydrogens is 472 g/mol. The lowest BCUT2D eigenvalue weighted by molar-refractivity contribution is -0.151. The third-order valence-corrected chi connectivity index (χ3v) is 7.41. The third kappa shape index (κ3) is 6.35. The summed E-state index contributed by atoms with van der Waals surface area (Å²) in [7, 11) is 0. The molecule has 2 aromatic carbocycles. The van der Waals surface area contributed by atoms with E-state index in [0.717, 1.165) is 47.2 Å². The van der Waals surface area contributed by atoms with Gasteiger partial charge in [0.2, 0.25) is 5.91 Å². The van der Waals surface area contributed by atoms with Gasteiger partial charge in [-0.3, -0.25) is 14.2 Å². The average molecular weight is 507 g/mol. The Labute approximate surface area is 217 Å². The fourth-order valence-electron chi connectivity index (χ4n) is 4.38. The molecule has 8 heteroatoms. The third-order valence-electron chi connectivity index (χ3n) is 6.40. The quantitative estimate of drug-likeness (QED) is 0.225. The summed E-state index contributed by atoms with van der Waals surface area (Å²) in [5.74, 6) is 1.26. The number of esters is 1. The van der Waals surface area contributed by atoms with Crippen LogP contribution in [-0.2, 0) is 14.3 Å². The molecular formula is C28H34N4O3S. The van der Waals surface area contributed by atoms with Crippen LogP contribution in [0.2, 0.25) is 0 Å². The van der Waals surface area contributed by atoms with Crippen LogP contribution in [0.5, 0.6) is 0 Å². The van der Waals surface area contributed by atoms with Crippen molar-refractivity contribution in [1.29, 1.82) is 0 Å². The van der Waals surface area contributed by atoms with Gasteiger partial charge in [-0.2, -0.15) is 0 Å². The Bertz CT molecular complexity index is 1170. The van der Waals surface area contributed by atoms with Gasteiger partial charge in [0.1, 0.15) is 0 Å². The molecule has 1 atom stereocenters. The summed E-state index contributed by atoms with van der Waals surface area (Å²) in [5.41, 5.74) is 4.41. The number of aromatic nitrogens is 3. The molecule has 0 radical (unpaired) electrons. The zero-order chi connectivity index (χ0) is 25.5. The Hall–Kier alpha value is -3.13. The molecule has 1 aliphatic rings. The molecule has 1 unspecified atom stereocenters. The molecule has 1 aliphatic heterocycles. The fraction of sp³-hybridized carbons (Fsp3) is 0.429. The zero-order valence-corrected chi connectivity index (χ0v) is 22.1. The highest BCUT2D eigenvalue weighted by molar-refractivity contribution is 7.99. The number of nitrogens with zero attached hydrogens (tertiary/aromatic N) is 4. The Morgan fingerprint density at radius 2 is 1.72 bits per heavy atom. The number of carbonyl (C=O) groups is 2. The first-order valence-electron chi connectivity index (χ1n) is 12.6. The minimum atomic E-state index is -0.203. The van der Waals surface area contributed by atoms with Gasteiger partial charge in [-0.05, 0) is 52.2 Å². The van der Waals surface area contributed by atoms with Crippen LogP contribution in [-0.4, -0.2) is 57.0 Å². The van der Waals surface area contributed by atoms with Crippen molar-refractivity contribution in [3.8, 4) is 17.1 Å². The minimum absolute atomic E-state index is 0.102. The van der Waals surface area contributed by atoms with E-state index in [1.807, 2.05) is 11.8 Å². The van der Waals surface area contributed by atoms with E-state index in [0.29, 0.717) is 26.1 Å². The summed E-state index contributed by atoms with van der Waals surface area (Å²) in [6, 6.07) is 16.6. The largest absolute Gasteiger partial charge is 0.466 e. The van der Waals surface area contributed by atoms with Crippen LogP contribution in [0.25, 0.3) is 17.1 Å². The fourth-order valence-corrected chi connectivity index (χ4v) is 5.27. The number of hydrogen-bond acceptors (Lipinski definition) is 6. The first kappa shape index (κ1) is 25.9. The summed E-state index contributed by atoms with van der Waals surface area (Å²) < 4.78 is 7.24. The van der Waals surface area contributed by atoms with E-state index in [1.165, 1.54) is 11.1 Å². The number of amides is 1. The highest BCUT2D eigenvalue weighted by Crippen LogP contribution is 2.29. The summed E-state index contributed by atoms with van der Waals surface area (Å²) in [6.07, 6.45) is 2.80. The molecule has 190 valence electrons. The maximum absolute atomic E-state index is 12.8. The second kappa shape index (κ2) is 12.2. The number of thioether (sulfide) groups is 1. The van der Waals surface area contributed by atoms with Crippen LogP contribution in [0.1, 0.15) is 43.7 Å². The molecule has 1 aromatic heterocycles. The van der Waals surface area contributed by atoms with Crippen molar-refractivity contribution in [2.45, 2.75) is 51.6 Å². The molecule has 7 nitrogen and oxygen atoms in total. The number of carbonyl (C=O) groups excluding carboxylic acids is 2. The SMILES string of the molecule is CCOC(=O)C1CCCN(C(=O)CCCSc2nnc(-c3ccc(C)cc3)n2-c2ccc(C)cc2)C1. The number of likely N-dealkylation sites (tertiary alicyclic amines) is 1. The minimum Gasteiger partial charge on any atom is -0.466 e. The topological polar surface area (TPSA) is 77.3 Å². The van der Waals surface area contributed by atoms with Gasteiger partial charge < -0.3 is 9.64 Å². The highest BCUT2D eigenvalue weighted by Gasteiger charge is 2.29. The molecule has 2 heterocycles. The summed E-state index contributed by atoms with van der Waals surface area (Å²) in [6.45, 7) is 7.50. The molecule has 1 amide bonds. The van der Waals surface area contributed by atoms with Crippen molar-refractivity contribution in [2.75, 3.05) is 25.4 Å². The van der Waals surface area contributed by atoms with Crippen LogP contribution >= 0.6 is 11.8 Å². The number of aryl methyl sites for hydroxylation is 2. The molecule has 36 heavy (non-hydrogen) atoms. The van der Waals surface area contributed by atoms with Crippen LogP contribution in [0.15, 0.2) is 53.7 Å². The molecule has 1 saturated heterocycles. The van der Waals surface area contributed by atoms with E-state index >= 15 is 0 Å². The van der Waals surface area contributed by atoms with Crippen LogP contribution in [0.3, 0.4) is 0 Å². The standard InChI is InChI=1S/C28H34N4O3S/c1-4-35-27(34)23-7-5-17-31(19-23)25(33)8-6-18-36-28-30-29-26(22-13-9-20(2)10-14-22)32(28)24-15-11-21(3)12-16-24/h9-16,23H,4-8,17-19H2,1-3H3. The number of rotatable bonds is 9. The second-order valence-corrected chi connectivity index (χ2v) is 10.3. The van der Waals surface area contributed by atoms with E-state index in [2.05, 4.69) is 77.1 Å². The van der Waals surface area contributed by atoms with Gasteiger partial charge in [0.15, 0.2) is 11.0 Å². The molecule has 3 aromatic rings. The molecule has 0 spiro atoms. The van der Waals surface area contributed by atoms with Crippen LogP contribution < -0.4 is 0 Å². The average Bonchev–Trinajstić information content (AvgIpc) is 3.31. The van der Waals surface area contributed by atoms with Gasteiger partial charge in [-0.15, -0.1) is 10.2 Å². The smallest absolute Gasteiger partial charge is 0.310 e. The Morgan fingerprint density at radius 1 is 1.03 bits per heavy atom. The molecule has 0 N–H and O–H groups in total. The molecule has 0 saturated carbocycles. The van der Waals surface area contributed by atoms with E-state index in [1.54, 1.807) is 11.8 Å². The van der Waals surface area contributed by atoms with E-state index in [9.17, 15) is 9.59 Å². The van der Waals surface area contributed by atoms with Gasteiger partial charge in [0, 0.05) is 36.5 Å². The van der Waals surface area contributed by atoms with E-state index in [-0.39, 0.29) is 17.8 Å². The lowest BCUT2D eigenvalue weighted by Crippen LogP contribution is -2.42. The van der Waals surface area contributed by atoms with Crippen molar-refractivity contribution in [3.63, 3.8) is 0 Å². The number of ether oxygens (including phenoxy) is 1. The molecule has 1 fully saturated rings. The number of benzene rings is 2. The predicted molar refractivity (Wildman–Crippen MR) is 142 cm³/mol. The molecule has 4 rings (SSSR count). The summed E-state index contributed by atoms with van der Waals surface area (Å²) >= 11 is 1.61. The number of piperidine rings is 1. The van der Waals surface area contributed by atoms with Gasteiger partial charge in [0.05, 0.1) is 12.5 Å². The van der Waals surface area contributed by atoms with Gasteiger partial charge in [-0.1, -0.05) is 59.3 Å². The van der Waals surface area contributed by atoms with Crippen molar-refractivity contribution in [3.05, 3.63) is 59.7 Å². The van der Waals surface area contributed by atoms with Crippen LogP contribution in [0.4, 0.5) is 0 Å². The first-order valence-corrected chi connectivity index (χ1v) is 13.6. The van der Waals surface area contributed by atoms with Crippen molar-refractivity contribution in [2.24, 2.45) is 5.92 Å². The summed E-state index contributed by atoms with van der Waals surface area (Å²) in [5, 5.41) is 9.82. The number of hydrogen-bond donors (Lipinski definition) is 0. The second-order valence-electron chi connectivity index (χ2n) is 9.23. The van der Waals surface area contributed by atoms with Gasteiger partial charge in [-0.25, -0.2) is 0 Å². The Balaban J connectivity index is 1.40. The summed E-state index contributed by atoms with van der Waals surface area (Å²) in [4.78, 5) is 26.7. The van der Waals surface area contributed by atoms with E-state index in [4.69, 9.17) is 4.74 Å². The maximum atomic E-state index is 12.8. The normalized spacial score (nSPS) is 15.6. The molecule has 0 aliphatic carbocycles. The lowest BCUT2D eigenvalue weighted by Gasteiger charge is -2.31. The van der Waals surface area contributed by atoms with Crippen molar-refractivity contribution < 1.29 is 14.3 Å². The van der Waals surface area contributed by atoms with Crippen molar-refractivity contribution >= 4 is 23.6 Å². The zero-order valence-electron chi connectivity index (χ0n) is 21.3.